The van der Waals surface area contributed by atoms with E-state index in [2.05, 4.69) is 57.3 Å². The molecule has 0 spiro atoms. The Morgan fingerprint density at radius 1 is 1.17 bits per heavy atom. The summed E-state index contributed by atoms with van der Waals surface area (Å²) >= 11 is 0. The van der Waals surface area contributed by atoms with Crippen LogP contribution in [0.5, 0.6) is 0 Å². The summed E-state index contributed by atoms with van der Waals surface area (Å²) in [5, 5.41) is 0. The van der Waals surface area contributed by atoms with Gasteiger partial charge in [0, 0.05) is 5.92 Å². The molecule has 0 heteroatoms. The van der Waals surface area contributed by atoms with Gasteiger partial charge in [0.05, 0.1) is 0 Å². The average Bonchev–Trinajstić information content (AvgIpc) is 2.35. The zero-order valence-corrected chi connectivity index (χ0v) is 11.1. The number of hydrogen-bond acceptors (Lipinski definition) is 0. The molecule has 0 nitrogen and oxygen atoms in total. The molecule has 1 atom stereocenters. The van der Waals surface area contributed by atoms with E-state index in [4.69, 9.17) is 0 Å². The third-order valence-corrected chi connectivity index (χ3v) is 4.12. The molecule has 0 radical (unpaired) electrons. The van der Waals surface area contributed by atoms with Crippen LogP contribution in [0.1, 0.15) is 37.3 Å². The minimum Gasteiger partial charge on any atom is -0.0955 e. The van der Waals surface area contributed by atoms with Gasteiger partial charge < -0.3 is 0 Å². The monoisotopic (exact) mass is 234 g/mol. The summed E-state index contributed by atoms with van der Waals surface area (Å²) in [5.41, 5.74) is 9.35. The van der Waals surface area contributed by atoms with Crippen molar-refractivity contribution in [1.29, 1.82) is 0 Å². The lowest BCUT2D eigenvalue weighted by Crippen LogP contribution is -2.14. The third-order valence-electron chi connectivity index (χ3n) is 4.12. The van der Waals surface area contributed by atoms with Gasteiger partial charge in [0.2, 0.25) is 0 Å². The van der Waals surface area contributed by atoms with Crippen LogP contribution in [-0.2, 0) is 0 Å². The van der Waals surface area contributed by atoms with E-state index in [1.807, 2.05) is 0 Å². The van der Waals surface area contributed by atoms with Gasteiger partial charge >= 0.3 is 0 Å². The molecular weight excluding hydrogens is 216 g/mol. The van der Waals surface area contributed by atoms with Crippen molar-refractivity contribution < 1.29 is 0 Å². The molecule has 0 heterocycles. The van der Waals surface area contributed by atoms with Crippen molar-refractivity contribution in [2.75, 3.05) is 0 Å². The minimum absolute atomic E-state index is 0.412. The number of hydrogen-bond donors (Lipinski definition) is 0. The fourth-order valence-electron chi connectivity index (χ4n) is 3.21. The molecule has 0 bridgehead atoms. The Kier molecular flexibility index (Phi) is 2.41. The van der Waals surface area contributed by atoms with E-state index in [1.165, 1.54) is 39.0 Å². The lowest BCUT2D eigenvalue weighted by atomic mass is 9.71. The van der Waals surface area contributed by atoms with Gasteiger partial charge in [-0.1, -0.05) is 56.0 Å². The van der Waals surface area contributed by atoms with E-state index < -0.39 is 0 Å². The molecule has 0 N–H and O–H groups in total. The number of fused-ring (bicyclic) bond motifs is 2. The second-order valence-electron chi connectivity index (χ2n) is 5.35. The Morgan fingerprint density at radius 2 is 1.89 bits per heavy atom. The maximum absolute atomic E-state index is 4.33. The summed E-state index contributed by atoms with van der Waals surface area (Å²) in [6.07, 6.45) is 3.15. The van der Waals surface area contributed by atoms with Gasteiger partial charge in [0.1, 0.15) is 0 Å². The largest absolute Gasteiger partial charge is 0.0955 e. The van der Waals surface area contributed by atoms with Gasteiger partial charge in [-0.2, -0.15) is 0 Å². The van der Waals surface area contributed by atoms with Gasteiger partial charge in [-0.25, -0.2) is 0 Å². The van der Waals surface area contributed by atoms with Crippen LogP contribution >= 0.6 is 0 Å². The van der Waals surface area contributed by atoms with Gasteiger partial charge in [-0.15, -0.1) is 0 Å². The first-order chi connectivity index (χ1) is 8.59. The second-order valence-corrected chi connectivity index (χ2v) is 5.35. The molecule has 0 aliphatic heterocycles. The SMILES string of the molecule is C=C1C=C(C)C2=C(C1)c1ccccc1C(C)C2=C. The molecule has 0 aromatic heterocycles. The van der Waals surface area contributed by atoms with Crippen LogP contribution in [0.2, 0.25) is 0 Å². The zero-order valence-electron chi connectivity index (χ0n) is 11.1. The molecule has 1 aromatic carbocycles. The molecule has 0 fully saturated rings. The molecule has 90 valence electrons. The summed E-state index contributed by atoms with van der Waals surface area (Å²) in [5.74, 6) is 0.412. The highest BCUT2D eigenvalue weighted by molar-refractivity contribution is 5.85. The van der Waals surface area contributed by atoms with E-state index in [-0.39, 0.29) is 0 Å². The van der Waals surface area contributed by atoms with Crippen LogP contribution in [0.25, 0.3) is 5.57 Å². The van der Waals surface area contributed by atoms with Crippen molar-refractivity contribution in [2.45, 2.75) is 26.2 Å². The van der Waals surface area contributed by atoms with Crippen LogP contribution in [0, 0.1) is 0 Å². The maximum Gasteiger partial charge on any atom is 0.00673 e. The normalized spacial score (nSPS) is 22.6. The van der Waals surface area contributed by atoms with Crippen molar-refractivity contribution in [3.05, 3.63) is 76.9 Å². The highest BCUT2D eigenvalue weighted by Gasteiger charge is 2.29. The Morgan fingerprint density at radius 3 is 2.67 bits per heavy atom. The molecule has 3 rings (SSSR count). The summed E-state index contributed by atoms with van der Waals surface area (Å²) in [4.78, 5) is 0. The predicted octanol–water partition coefficient (Wildman–Crippen LogP) is 5.02. The lowest BCUT2D eigenvalue weighted by Gasteiger charge is -2.33. The summed E-state index contributed by atoms with van der Waals surface area (Å²) < 4.78 is 0. The van der Waals surface area contributed by atoms with Crippen molar-refractivity contribution in [3.63, 3.8) is 0 Å². The van der Waals surface area contributed by atoms with Crippen molar-refractivity contribution in [2.24, 2.45) is 0 Å². The molecule has 1 aromatic rings. The molecule has 0 saturated carbocycles. The quantitative estimate of drug-likeness (QED) is 0.591. The highest BCUT2D eigenvalue weighted by Crippen LogP contribution is 2.48. The second kappa shape index (κ2) is 3.84. The number of rotatable bonds is 0. The first kappa shape index (κ1) is 11.3. The summed E-state index contributed by atoms with van der Waals surface area (Å²) in [6.45, 7) is 12.9. The van der Waals surface area contributed by atoms with Crippen molar-refractivity contribution in [1.82, 2.24) is 0 Å². The predicted molar refractivity (Wildman–Crippen MR) is 78.4 cm³/mol. The molecule has 2 aliphatic carbocycles. The third kappa shape index (κ3) is 1.45. The first-order valence-corrected chi connectivity index (χ1v) is 6.47. The van der Waals surface area contributed by atoms with Gasteiger partial charge in [-0.3, -0.25) is 0 Å². The first-order valence-electron chi connectivity index (χ1n) is 6.47. The fourth-order valence-corrected chi connectivity index (χ4v) is 3.21. The van der Waals surface area contributed by atoms with E-state index in [0.29, 0.717) is 5.92 Å². The van der Waals surface area contributed by atoms with Gasteiger partial charge in [-0.05, 0) is 46.8 Å². The fraction of sp³-hybridized carbons (Fsp3) is 0.222. The van der Waals surface area contributed by atoms with Crippen LogP contribution in [0.4, 0.5) is 0 Å². The van der Waals surface area contributed by atoms with E-state index >= 15 is 0 Å². The van der Waals surface area contributed by atoms with Gasteiger partial charge in [0.15, 0.2) is 0 Å². The Balaban J connectivity index is 2.31. The molecule has 0 saturated heterocycles. The van der Waals surface area contributed by atoms with E-state index in [9.17, 15) is 0 Å². The Hall–Kier alpha value is -1.82. The molecule has 2 aliphatic rings. The van der Waals surface area contributed by atoms with E-state index in [1.54, 1.807) is 0 Å². The molecule has 0 amide bonds. The lowest BCUT2D eigenvalue weighted by molar-refractivity contribution is 0.882. The minimum atomic E-state index is 0.412. The molecule has 18 heavy (non-hydrogen) atoms. The van der Waals surface area contributed by atoms with Gasteiger partial charge in [0.25, 0.3) is 0 Å². The van der Waals surface area contributed by atoms with Crippen LogP contribution in [0.15, 0.2) is 65.8 Å². The Labute approximate surface area is 109 Å². The summed E-state index contributed by atoms with van der Waals surface area (Å²) in [7, 11) is 0. The highest BCUT2D eigenvalue weighted by atomic mass is 14.3. The zero-order chi connectivity index (χ0) is 12.9. The molecule has 1 unspecified atom stereocenters. The van der Waals surface area contributed by atoms with Crippen molar-refractivity contribution in [3.8, 4) is 0 Å². The topological polar surface area (TPSA) is 0 Å². The Bertz CT molecular complexity index is 623. The van der Waals surface area contributed by atoms with Crippen LogP contribution in [0.3, 0.4) is 0 Å². The smallest absolute Gasteiger partial charge is 0.00673 e. The van der Waals surface area contributed by atoms with Crippen LogP contribution < -0.4 is 0 Å². The standard InChI is InChI=1S/C18H18/c1-11-9-12(2)18-14(4)13(3)15-7-5-6-8-16(15)17(18)10-11/h5-9,13H,1,4,10H2,2-3H3. The van der Waals surface area contributed by atoms with Crippen molar-refractivity contribution >= 4 is 5.57 Å². The summed E-state index contributed by atoms with van der Waals surface area (Å²) in [6, 6.07) is 8.71. The maximum atomic E-state index is 4.33. The average molecular weight is 234 g/mol. The number of allylic oxidation sites excluding steroid dienone is 6. The molecular formula is C18H18. The van der Waals surface area contributed by atoms with E-state index in [0.717, 1.165) is 6.42 Å². The van der Waals surface area contributed by atoms with Crippen LogP contribution in [-0.4, -0.2) is 0 Å². The number of benzene rings is 1.